The number of ether oxygens (including phenoxy) is 2. The summed E-state index contributed by atoms with van der Waals surface area (Å²) in [4.78, 5) is 12.5. The molecule has 0 saturated heterocycles. The van der Waals surface area contributed by atoms with E-state index in [9.17, 15) is 10.1 Å². The standard InChI is InChI=1S/C26H30N2O3/c1-3-30-25-16-21(13-14-24(25)31-18-20-11-9-19(2)10-12-20)15-22(17-27)26(29)28-23-7-5-4-6-8-23/h9-16,23H,3-8,18H2,1-2H3,(H,28,29)/b22-15+. The van der Waals surface area contributed by atoms with Crippen LogP contribution < -0.4 is 14.8 Å². The van der Waals surface area contributed by atoms with Gasteiger partial charge in [-0.2, -0.15) is 5.26 Å². The van der Waals surface area contributed by atoms with Gasteiger partial charge in [0.1, 0.15) is 18.2 Å². The molecule has 0 aliphatic heterocycles. The summed E-state index contributed by atoms with van der Waals surface area (Å²) in [6, 6.07) is 15.8. The van der Waals surface area contributed by atoms with Crippen molar-refractivity contribution >= 4 is 12.0 Å². The maximum absolute atomic E-state index is 12.5. The predicted molar refractivity (Wildman–Crippen MR) is 122 cm³/mol. The number of rotatable bonds is 8. The number of aryl methyl sites for hydroxylation is 1. The summed E-state index contributed by atoms with van der Waals surface area (Å²) >= 11 is 0. The molecule has 1 saturated carbocycles. The molecule has 31 heavy (non-hydrogen) atoms. The third-order valence-electron chi connectivity index (χ3n) is 5.40. The summed E-state index contributed by atoms with van der Waals surface area (Å²) in [5.74, 6) is 0.908. The zero-order chi connectivity index (χ0) is 22.1. The Bertz CT molecular complexity index is 952. The molecule has 0 radical (unpaired) electrons. The second kappa shape index (κ2) is 11.2. The van der Waals surface area contributed by atoms with Gasteiger partial charge in [-0.25, -0.2) is 0 Å². The first-order valence-corrected chi connectivity index (χ1v) is 11.0. The molecular formula is C26H30N2O3. The van der Waals surface area contributed by atoms with Gasteiger partial charge in [0, 0.05) is 6.04 Å². The summed E-state index contributed by atoms with van der Waals surface area (Å²) < 4.78 is 11.7. The molecule has 1 aliphatic carbocycles. The number of benzene rings is 2. The summed E-state index contributed by atoms with van der Waals surface area (Å²) in [7, 11) is 0. The van der Waals surface area contributed by atoms with Crippen molar-refractivity contribution in [3.63, 3.8) is 0 Å². The number of carbonyl (C=O) groups excluding carboxylic acids is 1. The van der Waals surface area contributed by atoms with Crippen molar-refractivity contribution in [1.29, 1.82) is 5.26 Å². The molecule has 2 aromatic rings. The number of hydrogen-bond acceptors (Lipinski definition) is 4. The van der Waals surface area contributed by atoms with E-state index in [1.54, 1.807) is 12.1 Å². The van der Waals surface area contributed by atoms with Crippen LogP contribution in [0, 0.1) is 18.3 Å². The van der Waals surface area contributed by atoms with Gasteiger partial charge in [-0.3, -0.25) is 4.79 Å². The van der Waals surface area contributed by atoms with Crippen LogP contribution in [0.5, 0.6) is 11.5 Å². The van der Waals surface area contributed by atoms with E-state index in [4.69, 9.17) is 9.47 Å². The second-order valence-electron chi connectivity index (χ2n) is 7.89. The Labute approximate surface area is 184 Å². The maximum atomic E-state index is 12.5. The molecule has 162 valence electrons. The van der Waals surface area contributed by atoms with E-state index >= 15 is 0 Å². The molecule has 1 aliphatic rings. The van der Waals surface area contributed by atoms with E-state index < -0.39 is 0 Å². The lowest BCUT2D eigenvalue weighted by molar-refractivity contribution is -0.117. The van der Waals surface area contributed by atoms with Crippen LogP contribution in [-0.4, -0.2) is 18.6 Å². The van der Waals surface area contributed by atoms with Gasteiger partial charge in [0.15, 0.2) is 11.5 Å². The van der Waals surface area contributed by atoms with E-state index in [1.807, 2.05) is 37.3 Å². The van der Waals surface area contributed by atoms with Crippen LogP contribution in [0.1, 0.15) is 55.7 Å². The van der Waals surface area contributed by atoms with Gasteiger partial charge < -0.3 is 14.8 Å². The molecule has 0 spiro atoms. The molecule has 0 heterocycles. The zero-order valence-corrected chi connectivity index (χ0v) is 18.3. The molecule has 0 bridgehead atoms. The van der Waals surface area contributed by atoms with Crippen LogP contribution >= 0.6 is 0 Å². The number of nitrogens with one attached hydrogen (secondary N) is 1. The topological polar surface area (TPSA) is 71.3 Å². The Morgan fingerprint density at radius 2 is 1.84 bits per heavy atom. The van der Waals surface area contributed by atoms with Gasteiger partial charge >= 0.3 is 0 Å². The lowest BCUT2D eigenvalue weighted by Crippen LogP contribution is -2.36. The van der Waals surface area contributed by atoms with Gasteiger partial charge in [-0.1, -0.05) is 55.2 Å². The third kappa shape index (κ3) is 6.62. The summed E-state index contributed by atoms with van der Waals surface area (Å²) in [6.07, 6.45) is 7.02. The fourth-order valence-corrected chi connectivity index (χ4v) is 3.67. The van der Waals surface area contributed by atoms with Crippen molar-refractivity contribution in [3.8, 4) is 17.6 Å². The minimum Gasteiger partial charge on any atom is -0.490 e. The molecule has 1 amide bonds. The number of carbonyl (C=O) groups is 1. The molecule has 3 rings (SSSR count). The van der Waals surface area contributed by atoms with Crippen molar-refractivity contribution in [2.45, 2.75) is 58.6 Å². The molecule has 0 atom stereocenters. The van der Waals surface area contributed by atoms with Gasteiger partial charge in [-0.05, 0) is 56.0 Å². The van der Waals surface area contributed by atoms with Gasteiger partial charge in [0.25, 0.3) is 5.91 Å². The number of nitriles is 1. The van der Waals surface area contributed by atoms with E-state index in [0.29, 0.717) is 24.7 Å². The van der Waals surface area contributed by atoms with Crippen molar-refractivity contribution in [3.05, 3.63) is 64.7 Å². The number of amides is 1. The third-order valence-corrected chi connectivity index (χ3v) is 5.40. The van der Waals surface area contributed by atoms with Crippen molar-refractivity contribution < 1.29 is 14.3 Å². The Morgan fingerprint density at radius 3 is 2.52 bits per heavy atom. The zero-order valence-electron chi connectivity index (χ0n) is 18.3. The Hall–Kier alpha value is -3.26. The van der Waals surface area contributed by atoms with E-state index in [1.165, 1.54) is 12.0 Å². The number of nitrogens with zero attached hydrogens (tertiary/aromatic N) is 1. The molecular weight excluding hydrogens is 388 g/mol. The molecule has 5 nitrogen and oxygen atoms in total. The SMILES string of the molecule is CCOc1cc(/C=C(\C#N)C(=O)NC2CCCCC2)ccc1OCc1ccc(C)cc1. The van der Waals surface area contributed by atoms with Gasteiger partial charge in [0.2, 0.25) is 0 Å². The van der Waals surface area contributed by atoms with Crippen LogP contribution in [0.15, 0.2) is 48.0 Å². The highest BCUT2D eigenvalue weighted by molar-refractivity contribution is 6.01. The van der Waals surface area contributed by atoms with Crippen LogP contribution in [0.4, 0.5) is 0 Å². The van der Waals surface area contributed by atoms with Gasteiger partial charge in [0.05, 0.1) is 6.61 Å². The number of hydrogen-bond donors (Lipinski definition) is 1. The smallest absolute Gasteiger partial charge is 0.262 e. The Kier molecular flexibility index (Phi) is 8.12. The van der Waals surface area contributed by atoms with E-state index in [-0.39, 0.29) is 17.5 Å². The van der Waals surface area contributed by atoms with Crippen LogP contribution in [-0.2, 0) is 11.4 Å². The first-order valence-electron chi connectivity index (χ1n) is 11.0. The lowest BCUT2D eigenvalue weighted by atomic mass is 9.95. The highest BCUT2D eigenvalue weighted by Gasteiger charge is 2.18. The van der Waals surface area contributed by atoms with Crippen LogP contribution in [0.25, 0.3) is 6.08 Å². The Balaban J connectivity index is 1.72. The average molecular weight is 419 g/mol. The summed E-state index contributed by atoms with van der Waals surface area (Å²) in [5.41, 5.74) is 3.10. The highest BCUT2D eigenvalue weighted by Crippen LogP contribution is 2.30. The molecule has 0 aromatic heterocycles. The predicted octanol–water partition coefficient (Wildman–Crippen LogP) is 5.33. The van der Waals surface area contributed by atoms with E-state index in [2.05, 4.69) is 24.4 Å². The lowest BCUT2D eigenvalue weighted by Gasteiger charge is -2.22. The van der Waals surface area contributed by atoms with Crippen molar-refractivity contribution in [1.82, 2.24) is 5.32 Å². The molecule has 1 N–H and O–H groups in total. The van der Waals surface area contributed by atoms with Crippen molar-refractivity contribution in [2.75, 3.05) is 6.61 Å². The highest BCUT2D eigenvalue weighted by atomic mass is 16.5. The van der Waals surface area contributed by atoms with Crippen LogP contribution in [0.2, 0.25) is 0 Å². The minimum absolute atomic E-state index is 0.0985. The average Bonchev–Trinajstić information content (AvgIpc) is 2.79. The fourth-order valence-electron chi connectivity index (χ4n) is 3.67. The first-order chi connectivity index (χ1) is 15.1. The normalized spacial score (nSPS) is 14.5. The largest absolute Gasteiger partial charge is 0.490 e. The maximum Gasteiger partial charge on any atom is 0.262 e. The summed E-state index contributed by atoms with van der Waals surface area (Å²) in [6.45, 7) is 4.88. The second-order valence-corrected chi connectivity index (χ2v) is 7.89. The quantitative estimate of drug-likeness (QED) is 0.465. The summed E-state index contributed by atoms with van der Waals surface area (Å²) in [5, 5.41) is 12.5. The monoisotopic (exact) mass is 418 g/mol. The van der Waals surface area contributed by atoms with Crippen LogP contribution in [0.3, 0.4) is 0 Å². The molecule has 2 aromatic carbocycles. The van der Waals surface area contributed by atoms with E-state index in [0.717, 1.165) is 36.8 Å². The van der Waals surface area contributed by atoms with Crippen molar-refractivity contribution in [2.24, 2.45) is 0 Å². The fraction of sp³-hybridized carbons (Fsp3) is 0.385. The molecule has 1 fully saturated rings. The molecule has 5 heteroatoms. The Morgan fingerprint density at radius 1 is 1.10 bits per heavy atom. The first kappa shape index (κ1) is 22.4. The van der Waals surface area contributed by atoms with Gasteiger partial charge in [-0.15, -0.1) is 0 Å². The minimum atomic E-state index is -0.313. The molecule has 0 unspecified atom stereocenters.